The molecule has 1 unspecified atom stereocenters. The molecule has 6 nitrogen and oxygen atoms in total. The van der Waals surface area contributed by atoms with Crippen molar-refractivity contribution in [1.29, 1.82) is 0 Å². The van der Waals surface area contributed by atoms with Crippen molar-refractivity contribution in [3.63, 3.8) is 0 Å². The number of rotatable bonds is 5. The summed E-state index contributed by atoms with van der Waals surface area (Å²) in [6, 6.07) is 4.48. The van der Waals surface area contributed by atoms with E-state index in [-0.39, 0.29) is 18.3 Å². The van der Waals surface area contributed by atoms with Crippen LogP contribution in [-0.4, -0.2) is 72.9 Å². The van der Waals surface area contributed by atoms with E-state index in [0.29, 0.717) is 63.5 Å². The zero-order chi connectivity index (χ0) is 17.9. The molecule has 3 rings (SSSR count). The van der Waals surface area contributed by atoms with Gasteiger partial charge in [-0.3, -0.25) is 9.69 Å². The van der Waals surface area contributed by atoms with Crippen LogP contribution in [0.2, 0.25) is 0 Å². The minimum Gasteiger partial charge on any atom is -0.497 e. The highest BCUT2D eigenvalue weighted by Crippen LogP contribution is 2.27. The first-order valence-electron chi connectivity index (χ1n) is 8.66. The standard InChI is InChI=1S/C18H25FN2O4/c1-24-15-3-4-16(19)14(11-15)12-21-6-2-5-18(23,17(21)22)13-20-7-9-25-10-8-20/h3-4,11,23H,2,5-10,12-13H2,1H3. The van der Waals surface area contributed by atoms with Crippen molar-refractivity contribution in [1.82, 2.24) is 9.80 Å². The third-order valence-corrected chi connectivity index (χ3v) is 4.91. The summed E-state index contributed by atoms with van der Waals surface area (Å²) in [4.78, 5) is 16.5. The van der Waals surface area contributed by atoms with E-state index in [0.717, 1.165) is 0 Å². The monoisotopic (exact) mass is 352 g/mol. The van der Waals surface area contributed by atoms with Gasteiger partial charge in [-0.15, -0.1) is 0 Å². The minimum absolute atomic E-state index is 0.132. The summed E-state index contributed by atoms with van der Waals surface area (Å²) in [5, 5.41) is 10.9. The molecule has 138 valence electrons. The molecule has 1 atom stereocenters. The third kappa shape index (κ3) is 4.11. The van der Waals surface area contributed by atoms with Crippen molar-refractivity contribution in [3.05, 3.63) is 29.6 Å². The lowest BCUT2D eigenvalue weighted by atomic mass is 9.90. The lowest BCUT2D eigenvalue weighted by Crippen LogP contribution is -2.59. The summed E-state index contributed by atoms with van der Waals surface area (Å²) in [7, 11) is 1.52. The van der Waals surface area contributed by atoms with Crippen LogP contribution in [0.15, 0.2) is 18.2 Å². The summed E-state index contributed by atoms with van der Waals surface area (Å²) in [6.45, 7) is 3.59. The molecule has 2 aliphatic rings. The fourth-order valence-electron chi connectivity index (χ4n) is 3.50. The first-order chi connectivity index (χ1) is 12.0. The number of piperidine rings is 1. The Hall–Kier alpha value is -1.70. The van der Waals surface area contributed by atoms with Gasteiger partial charge in [0, 0.05) is 38.3 Å². The van der Waals surface area contributed by atoms with E-state index in [2.05, 4.69) is 4.90 Å². The fourth-order valence-corrected chi connectivity index (χ4v) is 3.50. The Labute approximate surface area is 147 Å². The first kappa shape index (κ1) is 18.1. The number of halogens is 1. The second kappa shape index (κ2) is 7.68. The molecular formula is C18H25FN2O4. The van der Waals surface area contributed by atoms with Crippen LogP contribution in [0.25, 0.3) is 0 Å². The molecular weight excluding hydrogens is 327 g/mol. The fraction of sp³-hybridized carbons (Fsp3) is 0.611. The number of aliphatic hydroxyl groups is 1. The number of amides is 1. The molecule has 0 aliphatic carbocycles. The maximum absolute atomic E-state index is 14.1. The van der Waals surface area contributed by atoms with Gasteiger partial charge in [-0.1, -0.05) is 0 Å². The molecule has 0 saturated carbocycles. The lowest BCUT2D eigenvalue weighted by molar-refractivity contribution is -0.161. The zero-order valence-electron chi connectivity index (χ0n) is 14.5. The highest BCUT2D eigenvalue weighted by molar-refractivity contribution is 5.86. The van der Waals surface area contributed by atoms with Crippen molar-refractivity contribution in [2.45, 2.75) is 25.0 Å². The molecule has 1 aromatic rings. The van der Waals surface area contributed by atoms with Gasteiger partial charge in [0.25, 0.3) is 5.91 Å². The van der Waals surface area contributed by atoms with Crippen molar-refractivity contribution in [2.75, 3.05) is 46.5 Å². The molecule has 0 bridgehead atoms. The summed E-state index contributed by atoms with van der Waals surface area (Å²) >= 11 is 0. The Morgan fingerprint density at radius 3 is 2.80 bits per heavy atom. The SMILES string of the molecule is COc1ccc(F)c(CN2CCCC(O)(CN3CCOCC3)C2=O)c1. The second-order valence-corrected chi connectivity index (χ2v) is 6.71. The van der Waals surface area contributed by atoms with Gasteiger partial charge in [-0.25, -0.2) is 4.39 Å². The van der Waals surface area contributed by atoms with Crippen LogP contribution >= 0.6 is 0 Å². The Morgan fingerprint density at radius 2 is 2.08 bits per heavy atom. The molecule has 7 heteroatoms. The van der Waals surface area contributed by atoms with E-state index in [1.165, 1.54) is 13.2 Å². The number of hydrogen-bond donors (Lipinski definition) is 1. The molecule has 2 fully saturated rings. The van der Waals surface area contributed by atoms with Gasteiger partial charge in [0.15, 0.2) is 5.60 Å². The quantitative estimate of drug-likeness (QED) is 0.857. The number of morpholine rings is 1. The number of β-amino-alcohol motifs (C(OH)–C–C–N with tert-alkyl or cyclic N) is 1. The predicted molar refractivity (Wildman–Crippen MR) is 89.8 cm³/mol. The summed E-state index contributed by atoms with van der Waals surface area (Å²) < 4.78 is 24.5. The van der Waals surface area contributed by atoms with Crippen molar-refractivity contribution in [3.8, 4) is 5.75 Å². The first-order valence-corrected chi connectivity index (χ1v) is 8.66. The van der Waals surface area contributed by atoms with E-state index >= 15 is 0 Å². The number of nitrogens with zero attached hydrogens (tertiary/aromatic N) is 2. The van der Waals surface area contributed by atoms with Crippen LogP contribution in [0, 0.1) is 5.82 Å². The normalized spacial score (nSPS) is 25.2. The molecule has 0 radical (unpaired) electrons. The van der Waals surface area contributed by atoms with Gasteiger partial charge >= 0.3 is 0 Å². The number of hydrogen-bond acceptors (Lipinski definition) is 5. The predicted octanol–water partition coefficient (Wildman–Crippen LogP) is 1.02. The van der Waals surface area contributed by atoms with E-state index < -0.39 is 5.60 Å². The third-order valence-electron chi connectivity index (χ3n) is 4.91. The van der Waals surface area contributed by atoms with Crippen LogP contribution in [0.3, 0.4) is 0 Å². The Kier molecular flexibility index (Phi) is 5.56. The summed E-state index contributed by atoms with van der Waals surface area (Å²) in [6.07, 6.45) is 1.12. The van der Waals surface area contributed by atoms with Crippen molar-refractivity contribution < 1.29 is 23.8 Å². The Morgan fingerprint density at radius 1 is 1.32 bits per heavy atom. The maximum Gasteiger partial charge on any atom is 0.256 e. The number of likely N-dealkylation sites (tertiary alicyclic amines) is 1. The summed E-state index contributed by atoms with van der Waals surface area (Å²) in [5.74, 6) is -0.159. The van der Waals surface area contributed by atoms with E-state index in [1.807, 2.05) is 0 Å². The van der Waals surface area contributed by atoms with Crippen LogP contribution in [-0.2, 0) is 16.1 Å². The van der Waals surface area contributed by atoms with Crippen LogP contribution < -0.4 is 4.74 Å². The molecule has 2 aliphatic heterocycles. The lowest BCUT2D eigenvalue weighted by Gasteiger charge is -2.41. The van der Waals surface area contributed by atoms with Gasteiger partial charge < -0.3 is 19.5 Å². The number of ether oxygens (including phenoxy) is 2. The minimum atomic E-state index is -1.41. The highest BCUT2D eigenvalue weighted by Gasteiger charge is 2.43. The average Bonchev–Trinajstić information content (AvgIpc) is 2.62. The second-order valence-electron chi connectivity index (χ2n) is 6.71. The molecule has 0 spiro atoms. The topological polar surface area (TPSA) is 62.2 Å². The van der Waals surface area contributed by atoms with Gasteiger partial charge in [-0.2, -0.15) is 0 Å². The molecule has 0 aromatic heterocycles. The van der Waals surface area contributed by atoms with Gasteiger partial charge in [-0.05, 0) is 31.0 Å². The average molecular weight is 352 g/mol. The Balaban J connectivity index is 1.71. The zero-order valence-corrected chi connectivity index (χ0v) is 14.5. The van der Waals surface area contributed by atoms with Crippen molar-refractivity contribution in [2.24, 2.45) is 0 Å². The maximum atomic E-state index is 14.1. The molecule has 2 saturated heterocycles. The number of carbonyl (C=O) groups excluding carboxylic acids is 1. The van der Waals surface area contributed by atoms with Gasteiger partial charge in [0.2, 0.25) is 0 Å². The number of benzene rings is 1. The number of carbonyl (C=O) groups is 1. The van der Waals surface area contributed by atoms with E-state index in [4.69, 9.17) is 9.47 Å². The van der Waals surface area contributed by atoms with E-state index in [1.54, 1.807) is 17.0 Å². The molecule has 1 amide bonds. The van der Waals surface area contributed by atoms with Gasteiger partial charge in [0.1, 0.15) is 11.6 Å². The molecule has 2 heterocycles. The largest absolute Gasteiger partial charge is 0.497 e. The smallest absolute Gasteiger partial charge is 0.256 e. The molecule has 1 aromatic carbocycles. The molecule has 25 heavy (non-hydrogen) atoms. The van der Waals surface area contributed by atoms with Crippen molar-refractivity contribution >= 4 is 5.91 Å². The van der Waals surface area contributed by atoms with Crippen LogP contribution in [0.1, 0.15) is 18.4 Å². The Bertz CT molecular complexity index is 621. The number of methoxy groups -OCH3 is 1. The van der Waals surface area contributed by atoms with Crippen LogP contribution in [0.4, 0.5) is 4.39 Å². The highest BCUT2D eigenvalue weighted by atomic mass is 19.1. The van der Waals surface area contributed by atoms with Crippen LogP contribution in [0.5, 0.6) is 5.75 Å². The molecule has 1 N–H and O–H groups in total. The van der Waals surface area contributed by atoms with Gasteiger partial charge in [0.05, 0.1) is 20.3 Å². The summed E-state index contributed by atoms with van der Waals surface area (Å²) in [5.41, 5.74) is -1.02. The van der Waals surface area contributed by atoms with E-state index in [9.17, 15) is 14.3 Å².